The highest BCUT2D eigenvalue weighted by Gasteiger charge is 2.04. The second kappa shape index (κ2) is 5.22. The van der Waals surface area contributed by atoms with Crippen molar-refractivity contribution in [3.63, 3.8) is 0 Å². The summed E-state index contributed by atoms with van der Waals surface area (Å²) in [6, 6.07) is 20.4. The van der Waals surface area contributed by atoms with E-state index >= 15 is 0 Å². The zero-order valence-electron chi connectivity index (χ0n) is 11.3. The van der Waals surface area contributed by atoms with Crippen molar-refractivity contribution in [1.82, 2.24) is 15.0 Å². The Morgan fingerprint density at radius 3 is 2.52 bits per heavy atom. The van der Waals surface area contributed by atoms with Crippen LogP contribution in [-0.2, 0) is 5.75 Å². The highest BCUT2D eigenvalue weighted by Crippen LogP contribution is 2.23. The van der Waals surface area contributed by atoms with Crippen LogP contribution in [0, 0.1) is 0 Å². The molecule has 0 unspecified atom stereocenters. The number of hydrogen-bond acceptors (Lipinski definition) is 3. The van der Waals surface area contributed by atoms with Crippen LogP contribution in [0.5, 0.6) is 0 Å². The number of fused-ring (bicyclic) bond motifs is 2. The lowest BCUT2D eigenvalue weighted by atomic mass is 10.2. The monoisotopic (exact) mass is 291 g/mol. The summed E-state index contributed by atoms with van der Waals surface area (Å²) < 4.78 is 0. The molecule has 0 fully saturated rings. The summed E-state index contributed by atoms with van der Waals surface area (Å²) in [4.78, 5) is 12.6. The van der Waals surface area contributed by atoms with Gasteiger partial charge in [0.1, 0.15) is 5.82 Å². The maximum absolute atomic E-state index is 4.67. The molecular formula is C17H13N3S. The molecule has 0 spiro atoms. The highest BCUT2D eigenvalue weighted by atomic mass is 32.2. The number of para-hydroxylation sites is 3. The van der Waals surface area contributed by atoms with E-state index in [2.05, 4.69) is 33.2 Å². The summed E-state index contributed by atoms with van der Waals surface area (Å²) in [5.41, 5.74) is 3.13. The van der Waals surface area contributed by atoms with E-state index in [1.54, 1.807) is 11.8 Å². The quantitative estimate of drug-likeness (QED) is 0.569. The molecule has 102 valence electrons. The first-order valence-electron chi connectivity index (χ1n) is 6.81. The average Bonchev–Trinajstić information content (AvgIpc) is 2.95. The van der Waals surface area contributed by atoms with Crippen LogP contribution in [0.4, 0.5) is 0 Å². The van der Waals surface area contributed by atoms with Crippen LogP contribution in [0.1, 0.15) is 5.82 Å². The van der Waals surface area contributed by atoms with Crippen LogP contribution in [0.3, 0.4) is 0 Å². The normalized spacial score (nSPS) is 11.2. The lowest BCUT2D eigenvalue weighted by Crippen LogP contribution is -1.86. The fourth-order valence-corrected chi connectivity index (χ4v) is 3.09. The van der Waals surface area contributed by atoms with Crippen LogP contribution in [0.15, 0.2) is 65.7 Å². The van der Waals surface area contributed by atoms with Crippen molar-refractivity contribution in [2.45, 2.75) is 10.8 Å². The number of H-pyrrole nitrogens is 1. The second-order valence-electron chi connectivity index (χ2n) is 4.83. The molecule has 0 aliphatic carbocycles. The van der Waals surface area contributed by atoms with Gasteiger partial charge in [0.15, 0.2) is 0 Å². The summed E-state index contributed by atoms with van der Waals surface area (Å²) >= 11 is 1.70. The van der Waals surface area contributed by atoms with E-state index in [-0.39, 0.29) is 0 Å². The van der Waals surface area contributed by atoms with Gasteiger partial charge < -0.3 is 4.98 Å². The Bertz CT molecular complexity index is 881. The number of aromatic nitrogens is 3. The molecule has 4 heteroatoms. The van der Waals surface area contributed by atoms with Gasteiger partial charge in [-0.1, -0.05) is 48.2 Å². The molecular weight excluding hydrogens is 278 g/mol. The van der Waals surface area contributed by atoms with Crippen LogP contribution < -0.4 is 0 Å². The molecule has 3 nitrogen and oxygen atoms in total. The first-order chi connectivity index (χ1) is 10.4. The molecule has 0 saturated carbocycles. The third kappa shape index (κ3) is 2.50. The predicted molar refractivity (Wildman–Crippen MR) is 87.4 cm³/mol. The zero-order chi connectivity index (χ0) is 14.1. The first kappa shape index (κ1) is 12.4. The van der Waals surface area contributed by atoms with Gasteiger partial charge in [-0.25, -0.2) is 9.97 Å². The fourth-order valence-electron chi connectivity index (χ4n) is 2.34. The number of imidazole rings is 1. The van der Waals surface area contributed by atoms with Gasteiger partial charge in [0.25, 0.3) is 0 Å². The lowest BCUT2D eigenvalue weighted by Gasteiger charge is -2.01. The van der Waals surface area contributed by atoms with Crippen LogP contribution in [0.25, 0.3) is 21.9 Å². The van der Waals surface area contributed by atoms with Gasteiger partial charge in [0.2, 0.25) is 0 Å². The van der Waals surface area contributed by atoms with Crippen molar-refractivity contribution in [2.24, 2.45) is 0 Å². The Morgan fingerprint density at radius 2 is 1.62 bits per heavy atom. The molecule has 2 heterocycles. The van der Waals surface area contributed by atoms with Gasteiger partial charge in [-0.3, -0.25) is 0 Å². The SMILES string of the molecule is c1ccc2nc(SCc3nc4ccccc4[nH]3)ccc2c1. The van der Waals surface area contributed by atoms with Gasteiger partial charge >= 0.3 is 0 Å². The predicted octanol–water partition coefficient (Wildman–Crippen LogP) is 4.40. The molecule has 0 bridgehead atoms. The number of hydrogen-bond donors (Lipinski definition) is 1. The summed E-state index contributed by atoms with van der Waals surface area (Å²) in [6.45, 7) is 0. The molecule has 21 heavy (non-hydrogen) atoms. The number of benzene rings is 2. The standard InChI is InChI=1S/C17H13N3S/c1-2-6-13-12(5-1)9-10-17(20-13)21-11-16-18-14-7-3-4-8-15(14)19-16/h1-10H,11H2,(H,18,19). The van der Waals surface area contributed by atoms with E-state index < -0.39 is 0 Å². The van der Waals surface area contributed by atoms with Crippen molar-refractivity contribution < 1.29 is 0 Å². The van der Waals surface area contributed by atoms with Gasteiger partial charge in [-0.2, -0.15) is 0 Å². The minimum Gasteiger partial charge on any atom is -0.341 e. The molecule has 0 aliphatic heterocycles. The molecule has 1 N–H and O–H groups in total. The van der Waals surface area contributed by atoms with Crippen LogP contribution in [0.2, 0.25) is 0 Å². The van der Waals surface area contributed by atoms with Gasteiger partial charge in [0.05, 0.1) is 27.3 Å². The Labute approximate surface area is 126 Å². The van der Waals surface area contributed by atoms with Crippen LogP contribution in [-0.4, -0.2) is 15.0 Å². The number of thioether (sulfide) groups is 1. The van der Waals surface area contributed by atoms with E-state index in [0.29, 0.717) is 0 Å². The highest BCUT2D eigenvalue weighted by molar-refractivity contribution is 7.98. The minimum absolute atomic E-state index is 0.792. The maximum Gasteiger partial charge on any atom is 0.117 e. The third-order valence-corrected chi connectivity index (χ3v) is 4.31. The number of aromatic amines is 1. The first-order valence-corrected chi connectivity index (χ1v) is 7.79. The van der Waals surface area contributed by atoms with Crippen molar-refractivity contribution in [3.8, 4) is 0 Å². The Morgan fingerprint density at radius 1 is 0.810 bits per heavy atom. The number of pyridine rings is 1. The molecule has 2 aromatic carbocycles. The van der Waals surface area contributed by atoms with E-state index in [4.69, 9.17) is 0 Å². The van der Waals surface area contributed by atoms with Crippen molar-refractivity contribution in [3.05, 3.63) is 66.5 Å². The molecule has 0 atom stereocenters. The Hall–Kier alpha value is -2.33. The van der Waals surface area contributed by atoms with Crippen molar-refractivity contribution in [2.75, 3.05) is 0 Å². The summed E-state index contributed by atoms with van der Waals surface area (Å²) in [5, 5.41) is 2.19. The molecule has 4 rings (SSSR count). The molecule has 0 aliphatic rings. The summed E-state index contributed by atoms with van der Waals surface area (Å²) in [7, 11) is 0. The Balaban J connectivity index is 1.57. The van der Waals surface area contributed by atoms with Gasteiger partial charge in [0, 0.05) is 5.39 Å². The minimum atomic E-state index is 0.792. The lowest BCUT2D eigenvalue weighted by molar-refractivity contribution is 1.12. The van der Waals surface area contributed by atoms with Crippen LogP contribution >= 0.6 is 11.8 Å². The maximum atomic E-state index is 4.67. The molecule has 0 amide bonds. The van der Waals surface area contributed by atoms with Gasteiger partial charge in [-0.15, -0.1) is 0 Å². The summed E-state index contributed by atoms with van der Waals surface area (Å²) in [5.74, 6) is 1.77. The molecule has 2 aromatic heterocycles. The summed E-state index contributed by atoms with van der Waals surface area (Å²) in [6.07, 6.45) is 0. The Kier molecular flexibility index (Phi) is 3.09. The number of nitrogens with zero attached hydrogens (tertiary/aromatic N) is 2. The van der Waals surface area contributed by atoms with E-state index in [1.165, 1.54) is 5.39 Å². The van der Waals surface area contributed by atoms with E-state index in [0.717, 1.165) is 33.2 Å². The topological polar surface area (TPSA) is 41.6 Å². The molecule has 0 radical (unpaired) electrons. The fraction of sp³-hybridized carbons (Fsp3) is 0.0588. The zero-order valence-corrected chi connectivity index (χ0v) is 12.1. The van der Waals surface area contributed by atoms with E-state index in [1.807, 2.05) is 42.5 Å². The van der Waals surface area contributed by atoms with Crippen molar-refractivity contribution in [1.29, 1.82) is 0 Å². The number of nitrogens with one attached hydrogen (secondary N) is 1. The average molecular weight is 291 g/mol. The second-order valence-corrected chi connectivity index (χ2v) is 5.83. The van der Waals surface area contributed by atoms with Crippen molar-refractivity contribution >= 4 is 33.7 Å². The smallest absolute Gasteiger partial charge is 0.117 e. The van der Waals surface area contributed by atoms with Gasteiger partial charge in [-0.05, 0) is 24.3 Å². The third-order valence-electron chi connectivity index (χ3n) is 3.37. The largest absolute Gasteiger partial charge is 0.341 e. The number of rotatable bonds is 3. The molecule has 4 aromatic rings. The van der Waals surface area contributed by atoms with E-state index in [9.17, 15) is 0 Å². The molecule has 0 saturated heterocycles.